The van der Waals surface area contributed by atoms with Gasteiger partial charge in [-0.05, 0) is 65.7 Å². The smallest absolute Gasteiger partial charge is 0.137 e. The van der Waals surface area contributed by atoms with Crippen molar-refractivity contribution >= 4 is 5.82 Å². The van der Waals surface area contributed by atoms with Crippen LogP contribution in [-0.4, -0.2) is 55.4 Å². The van der Waals surface area contributed by atoms with Crippen molar-refractivity contribution in [2.24, 2.45) is 0 Å². The Bertz CT molecular complexity index is 1530. The van der Waals surface area contributed by atoms with Gasteiger partial charge in [0.25, 0.3) is 0 Å². The average molecular weight is 581 g/mol. The molecule has 0 spiro atoms. The fraction of sp³-hybridized carbons (Fsp3) is 0.235. The molecular weight excluding hydrogens is 544 g/mol. The van der Waals surface area contributed by atoms with Gasteiger partial charge in [0.2, 0.25) is 0 Å². The lowest BCUT2D eigenvalue weighted by Gasteiger charge is -2.24. The molecule has 9 heteroatoms. The first kappa shape index (κ1) is 29.5. The lowest BCUT2D eigenvalue weighted by Crippen LogP contribution is -2.23. The van der Waals surface area contributed by atoms with Gasteiger partial charge in [-0.1, -0.05) is 30.3 Å². The molecule has 0 amide bonds. The van der Waals surface area contributed by atoms with Crippen LogP contribution < -0.4 is 23.8 Å². The molecule has 0 unspecified atom stereocenters. The summed E-state index contributed by atoms with van der Waals surface area (Å²) in [7, 11) is 3.31. The van der Waals surface area contributed by atoms with Crippen LogP contribution in [0.2, 0.25) is 0 Å². The summed E-state index contributed by atoms with van der Waals surface area (Å²) in [4.78, 5) is 6.96. The summed E-state index contributed by atoms with van der Waals surface area (Å²) >= 11 is 0. The number of hydrogen-bond acceptors (Lipinski definition) is 8. The summed E-state index contributed by atoms with van der Waals surface area (Å²) in [5, 5.41) is 4.32. The van der Waals surface area contributed by atoms with E-state index in [-0.39, 0.29) is 0 Å². The second-order valence-corrected chi connectivity index (χ2v) is 9.67. The van der Waals surface area contributed by atoms with Gasteiger partial charge in [0.05, 0.1) is 39.3 Å². The van der Waals surface area contributed by atoms with Crippen LogP contribution >= 0.6 is 0 Å². The maximum Gasteiger partial charge on any atom is 0.137 e. The van der Waals surface area contributed by atoms with E-state index in [1.165, 1.54) is 0 Å². The molecule has 0 aliphatic rings. The fourth-order valence-electron chi connectivity index (χ4n) is 4.48. The lowest BCUT2D eigenvalue weighted by atomic mass is 10.1. The van der Waals surface area contributed by atoms with Crippen molar-refractivity contribution in [1.29, 1.82) is 0 Å². The number of pyridine rings is 1. The maximum atomic E-state index is 5.86. The molecule has 2 heterocycles. The molecule has 0 saturated heterocycles. The summed E-state index contributed by atoms with van der Waals surface area (Å²) in [5.74, 6) is 3.86. The van der Waals surface area contributed by atoms with Crippen molar-refractivity contribution in [2.45, 2.75) is 13.1 Å². The van der Waals surface area contributed by atoms with Crippen LogP contribution in [0.15, 0.2) is 110 Å². The zero-order valence-electron chi connectivity index (χ0n) is 24.5. The van der Waals surface area contributed by atoms with Crippen LogP contribution in [0.1, 0.15) is 11.1 Å². The molecule has 0 saturated carbocycles. The highest BCUT2D eigenvalue weighted by Crippen LogP contribution is 2.23. The Balaban J connectivity index is 1.15. The molecule has 5 aromatic rings. The Kier molecular flexibility index (Phi) is 10.5. The van der Waals surface area contributed by atoms with Gasteiger partial charge < -0.3 is 28.6 Å². The molecule has 222 valence electrons. The number of anilines is 1. The zero-order chi connectivity index (χ0) is 29.7. The fourth-order valence-corrected chi connectivity index (χ4v) is 4.48. The highest BCUT2D eigenvalue weighted by Gasteiger charge is 2.12. The summed E-state index contributed by atoms with van der Waals surface area (Å²) < 4.78 is 29.7. The molecule has 5 rings (SSSR count). The number of benzene rings is 3. The van der Waals surface area contributed by atoms with Crippen LogP contribution in [0.4, 0.5) is 5.82 Å². The Morgan fingerprint density at radius 2 is 1.35 bits per heavy atom. The molecule has 0 N–H and O–H groups in total. The Labute approximate surface area is 252 Å². The third kappa shape index (κ3) is 8.73. The monoisotopic (exact) mass is 580 g/mol. The molecule has 0 atom stereocenters. The van der Waals surface area contributed by atoms with Crippen molar-refractivity contribution in [3.8, 4) is 28.7 Å². The first-order valence-electron chi connectivity index (χ1n) is 14.1. The maximum absolute atomic E-state index is 5.86. The third-order valence-corrected chi connectivity index (χ3v) is 6.67. The normalized spacial score (nSPS) is 10.7. The van der Waals surface area contributed by atoms with Gasteiger partial charge in [0, 0.05) is 31.5 Å². The second-order valence-electron chi connectivity index (χ2n) is 9.67. The topological polar surface area (TPSA) is 80.1 Å². The molecular formula is C34H36N4O5. The van der Waals surface area contributed by atoms with E-state index in [0.29, 0.717) is 45.3 Å². The van der Waals surface area contributed by atoms with Gasteiger partial charge >= 0.3 is 0 Å². The predicted octanol–water partition coefficient (Wildman–Crippen LogP) is 5.97. The molecule has 0 aliphatic carbocycles. The van der Waals surface area contributed by atoms with Crippen molar-refractivity contribution in [3.63, 3.8) is 0 Å². The first-order valence-corrected chi connectivity index (χ1v) is 14.1. The molecule has 0 aliphatic heterocycles. The van der Waals surface area contributed by atoms with E-state index in [2.05, 4.69) is 40.3 Å². The number of rotatable bonds is 16. The standard InChI is InChI=1S/C34H36N4O5/c1-39-30-7-3-6-28(22-30)26-37(25-27-10-12-29(13-11-27)38-17-5-16-36-38)34-15-14-33(24-35-34)43-21-19-41-18-20-42-32-9-4-8-31(23-32)40-2/h3-17,22-24H,18-21,25-26H2,1-2H3. The minimum Gasteiger partial charge on any atom is -0.497 e. The number of nitrogens with zero attached hydrogens (tertiary/aromatic N) is 4. The van der Waals surface area contributed by atoms with Crippen molar-refractivity contribution < 1.29 is 23.7 Å². The minimum atomic E-state index is 0.413. The van der Waals surface area contributed by atoms with Crippen LogP contribution in [0.25, 0.3) is 5.69 Å². The van der Waals surface area contributed by atoms with Crippen LogP contribution in [0.5, 0.6) is 23.0 Å². The number of ether oxygens (including phenoxy) is 5. The molecule has 0 radical (unpaired) electrons. The lowest BCUT2D eigenvalue weighted by molar-refractivity contribution is 0.0763. The summed E-state index contributed by atoms with van der Waals surface area (Å²) in [5.41, 5.74) is 3.30. The molecule has 9 nitrogen and oxygen atoms in total. The van der Waals surface area contributed by atoms with E-state index in [1.807, 2.05) is 71.5 Å². The van der Waals surface area contributed by atoms with Crippen LogP contribution in [-0.2, 0) is 17.8 Å². The van der Waals surface area contributed by atoms with Gasteiger partial charge in [0.15, 0.2) is 0 Å². The van der Waals surface area contributed by atoms with E-state index in [1.54, 1.807) is 26.6 Å². The SMILES string of the molecule is COc1cccc(CN(Cc2ccc(-n3cccn3)cc2)c2ccc(OCCOCCOc3cccc(OC)c3)cn2)c1. The first-order chi connectivity index (χ1) is 21.2. The van der Waals surface area contributed by atoms with Crippen molar-refractivity contribution in [3.05, 3.63) is 121 Å². The number of aromatic nitrogens is 3. The summed E-state index contributed by atoms with van der Waals surface area (Å²) in [6, 6.07) is 29.8. The summed E-state index contributed by atoms with van der Waals surface area (Å²) in [6.45, 7) is 3.10. The Hall–Kier alpha value is -5.02. The van der Waals surface area contributed by atoms with Gasteiger partial charge in [-0.15, -0.1) is 0 Å². The largest absolute Gasteiger partial charge is 0.497 e. The number of hydrogen-bond donors (Lipinski definition) is 0. The van der Waals surface area contributed by atoms with Crippen LogP contribution in [0, 0.1) is 0 Å². The molecule has 3 aromatic carbocycles. The van der Waals surface area contributed by atoms with Crippen molar-refractivity contribution in [2.75, 3.05) is 45.5 Å². The van der Waals surface area contributed by atoms with Gasteiger partial charge in [0.1, 0.15) is 42.0 Å². The Morgan fingerprint density at radius 1 is 0.651 bits per heavy atom. The molecule has 2 aromatic heterocycles. The van der Waals surface area contributed by atoms with E-state index in [0.717, 1.165) is 39.9 Å². The molecule has 0 fully saturated rings. The predicted molar refractivity (Wildman–Crippen MR) is 165 cm³/mol. The molecule has 0 bridgehead atoms. The zero-order valence-corrected chi connectivity index (χ0v) is 24.5. The van der Waals surface area contributed by atoms with Gasteiger partial charge in [-0.3, -0.25) is 0 Å². The van der Waals surface area contributed by atoms with E-state index >= 15 is 0 Å². The molecule has 43 heavy (non-hydrogen) atoms. The number of methoxy groups -OCH3 is 2. The summed E-state index contributed by atoms with van der Waals surface area (Å²) in [6.07, 6.45) is 5.46. The van der Waals surface area contributed by atoms with Crippen molar-refractivity contribution in [1.82, 2.24) is 14.8 Å². The van der Waals surface area contributed by atoms with E-state index < -0.39 is 0 Å². The van der Waals surface area contributed by atoms with E-state index in [4.69, 9.17) is 28.7 Å². The highest BCUT2D eigenvalue weighted by molar-refractivity contribution is 5.44. The average Bonchev–Trinajstić information content (AvgIpc) is 3.60. The quantitative estimate of drug-likeness (QED) is 0.132. The van der Waals surface area contributed by atoms with E-state index in [9.17, 15) is 0 Å². The second kappa shape index (κ2) is 15.3. The minimum absolute atomic E-state index is 0.413. The third-order valence-electron chi connectivity index (χ3n) is 6.67. The Morgan fingerprint density at radius 3 is 2.05 bits per heavy atom. The van der Waals surface area contributed by atoms with Gasteiger partial charge in [-0.2, -0.15) is 5.10 Å². The highest BCUT2D eigenvalue weighted by atomic mass is 16.5. The van der Waals surface area contributed by atoms with Crippen LogP contribution in [0.3, 0.4) is 0 Å². The van der Waals surface area contributed by atoms with Gasteiger partial charge in [-0.25, -0.2) is 9.67 Å².